The molecular weight excluding hydrogens is 857 g/mol. The maximum Gasteiger partial charge on any atom is 0.126 e. The molecule has 0 radical (unpaired) electrons. The minimum absolute atomic E-state index is 0.156. The van der Waals surface area contributed by atoms with Crippen LogP contribution in [-0.2, 0) is 47.3 Å². The van der Waals surface area contributed by atoms with Gasteiger partial charge in [0.15, 0.2) is 0 Å². The lowest BCUT2D eigenvalue weighted by molar-refractivity contribution is -0.00923. The highest BCUT2D eigenvalue weighted by atomic mass is 16.5. The van der Waals surface area contributed by atoms with E-state index < -0.39 is 0 Å². The zero-order chi connectivity index (χ0) is 50.7. The summed E-state index contributed by atoms with van der Waals surface area (Å²) < 4.78 is 14.4. The van der Waals surface area contributed by atoms with Crippen molar-refractivity contribution in [2.45, 2.75) is 197 Å². The zero-order valence-corrected chi connectivity index (χ0v) is 46.3. The predicted molar refractivity (Wildman–Crippen MR) is 292 cm³/mol. The molecule has 0 aliphatic heterocycles. The molecule has 0 saturated heterocycles. The number of phenols is 2. The number of rotatable bonds is 8. The largest absolute Gasteiger partial charge is 0.507 e. The Morgan fingerprint density at radius 3 is 0.914 bits per heavy atom. The van der Waals surface area contributed by atoms with Crippen molar-refractivity contribution in [1.29, 1.82) is 0 Å². The van der Waals surface area contributed by atoms with Crippen molar-refractivity contribution in [3.05, 3.63) is 139 Å². The Morgan fingerprint density at radius 2 is 0.686 bits per heavy atom. The lowest BCUT2D eigenvalue weighted by atomic mass is 9.48. The lowest BCUT2D eigenvalue weighted by Gasteiger charge is -2.56. The summed E-state index contributed by atoms with van der Waals surface area (Å²) in [5, 5.41) is 25.7. The smallest absolute Gasteiger partial charge is 0.126 e. The highest BCUT2D eigenvalue weighted by Crippen LogP contribution is 2.61. The zero-order valence-electron chi connectivity index (χ0n) is 46.3. The Kier molecular flexibility index (Phi) is 12.7. The average Bonchev–Trinajstić information content (AvgIpc) is 3.25. The molecule has 0 spiro atoms. The molecule has 4 atom stereocenters. The molecule has 0 heterocycles. The number of phenolic OH excluding ortho intramolecular Hbond substituents is 2. The van der Waals surface area contributed by atoms with Crippen LogP contribution in [0.25, 0.3) is 0 Å². The second kappa shape index (κ2) is 17.7. The molecule has 2 N–H and O–H groups in total. The third-order valence-electron chi connectivity index (χ3n) is 18.4. The summed E-state index contributed by atoms with van der Waals surface area (Å²) in [4.78, 5) is 0. The summed E-state index contributed by atoms with van der Waals surface area (Å²) in [6.45, 7) is 38.3. The number of ether oxygens (including phenoxy) is 2. The van der Waals surface area contributed by atoms with Crippen LogP contribution in [0.4, 0.5) is 0 Å². The van der Waals surface area contributed by atoms with Gasteiger partial charge >= 0.3 is 0 Å². The van der Waals surface area contributed by atoms with Crippen molar-refractivity contribution in [3.8, 4) is 23.0 Å². The van der Waals surface area contributed by atoms with Crippen molar-refractivity contribution in [3.63, 3.8) is 0 Å². The van der Waals surface area contributed by atoms with Gasteiger partial charge in [-0.25, -0.2) is 0 Å². The molecule has 7 aliphatic carbocycles. The van der Waals surface area contributed by atoms with Crippen LogP contribution in [-0.4, -0.2) is 23.4 Å². The highest BCUT2D eigenvalue weighted by molar-refractivity contribution is 5.59. The van der Waals surface area contributed by atoms with E-state index in [0.717, 1.165) is 80.7 Å². The number of hydrogen-bond donors (Lipinski definition) is 2. The quantitative estimate of drug-likeness (QED) is 0.152. The number of fused-ring (bicyclic) bond motifs is 10. The van der Waals surface area contributed by atoms with E-state index >= 15 is 0 Å². The van der Waals surface area contributed by atoms with Gasteiger partial charge in [0, 0.05) is 38.5 Å². The number of allylic oxidation sites excluding steroid dienone is 2. The van der Waals surface area contributed by atoms with Crippen LogP contribution >= 0.6 is 0 Å². The van der Waals surface area contributed by atoms with Gasteiger partial charge in [-0.1, -0.05) is 183 Å². The Labute approximate surface area is 423 Å². The normalized spacial score (nSPS) is 22.6. The van der Waals surface area contributed by atoms with Crippen LogP contribution in [0.3, 0.4) is 0 Å². The highest BCUT2D eigenvalue weighted by Gasteiger charge is 2.52. The van der Waals surface area contributed by atoms with Crippen molar-refractivity contribution in [2.24, 2.45) is 34.5 Å². The van der Waals surface area contributed by atoms with Crippen molar-refractivity contribution in [2.75, 3.05) is 13.2 Å². The Bertz CT molecular complexity index is 2460. The monoisotopic (exact) mass is 945 g/mol. The second-order valence-electron chi connectivity index (χ2n) is 28.1. The maximum atomic E-state index is 12.8. The van der Waals surface area contributed by atoms with Crippen molar-refractivity contribution in [1.82, 2.24) is 0 Å². The van der Waals surface area contributed by atoms with Crippen LogP contribution in [0, 0.1) is 34.5 Å². The number of benzene rings is 4. The first kappa shape index (κ1) is 50.5. The average molecular weight is 945 g/mol. The molecule has 12 bridgehead atoms. The first-order valence-corrected chi connectivity index (χ1v) is 27.2. The molecule has 4 heteroatoms. The summed E-state index contributed by atoms with van der Waals surface area (Å²) in [6.07, 6.45) is 13.8. The van der Waals surface area contributed by atoms with Crippen molar-refractivity contribution < 1.29 is 19.7 Å². The van der Waals surface area contributed by atoms with Crippen LogP contribution in [0.1, 0.15) is 216 Å². The van der Waals surface area contributed by atoms with Crippen LogP contribution in [0.5, 0.6) is 23.0 Å². The molecule has 2 saturated carbocycles. The molecule has 4 aromatic rings. The van der Waals surface area contributed by atoms with Gasteiger partial charge in [-0.05, 0) is 149 Å². The van der Waals surface area contributed by atoms with E-state index in [1.807, 2.05) is 0 Å². The van der Waals surface area contributed by atoms with E-state index in [0.29, 0.717) is 73.1 Å². The van der Waals surface area contributed by atoms with Gasteiger partial charge in [-0.2, -0.15) is 0 Å². The predicted octanol–water partition coefficient (Wildman–Crippen LogP) is 16.5. The van der Waals surface area contributed by atoms with Gasteiger partial charge in [0.2, 0.25) is 0 Å². The Hall–Kier alpha value is -4.44. The summed E-state index contributed by atoms with van der Waals surface area (Å²) in [7, 11) is 0. The fourth-order valence-corrected chi connectivity index (χ4v) is 13.1. The van der Waals surface area contributed by atoms with E-state index in [9.17, 15) is 10.2 Å². The fraction of sp³-hybridized carbons (Fsp3) is 0.576. The molecular formula is C66H88O4. The number of hydrogen-bond acceptors (Lipinski definition) is 4. The van der Waals surface area contributed by atoms with Gasteiger partial charge in [-0.3, -0.25) is 0 Å². The third kappa shape index (κ3) is 9.53. The number of aromatic hydroxyl groups is 2. The van der Waals surface area contributed by atoms with Gasteiger partial charge in [-0.15, -0.1) is 0 Å². The third-order valence-corrected chi connectivity index (χ3v) is 18.4. The van der Waals surface area contributed by atoms with Gasteiger partial charge in [0.05, 0.1) is 13.2 Å². The molecule has 0 unspecified atom stereocenters. The van der Waals surface area contributed by atoms with Crippen molar-refractivity contribution >= 4 is 0 Å². The molecule has 7 aliphatic rings. The molecule has 0 aromatic heterocycles. The molecule has 0 amide bonds. The molecule has 4 aromatic carbocycles. The molecule has 11 rings (SSSR count). The molecule has 70 heavy (non-hydrogen) atoms. The molecule has 376 valence electrons. The molecule has 4 nitrogen and oxygen atoms in total. The van der Waals surface area contributed by atoms with E-state index in [1.165, 1.54) is 47.9 Å². The van der Waals surface area contributed by atoms with Crippen LogP contribution in [0.2, 0.25) is 0 Å². The summed E-state index contributed by atoms with van der Waals surface area (Å²) >= 11 is 0. The summed E-state index contributed by atoms with van der Waals surface area (Å²) in [6, 6.07) is 18.4. The van der Waals surface area contributed by atoms with E-state index in [2.05, 4.69) is 171 Å². The van der Waals surface area contributed by atoms with E-state index in [-0.39, 0.29) is 21.7 Å². The minimum atomic E-state index is -0.164. The minimum Gasteiger partial charge on any atom is -0.507 e. The first-order chi connectivity index (χ1) is 32.5. The van der Waals surface area contributed by atoms with Crippen LogP contribution in [0.15, 0.2) is 71.8 Å². The van der Waals surface area contributed by atoms with Gasteiger partial charge < -0.3 is 19.7 Å². The van der Waals surface area contributed by atoms with E-state index in [4.69, 9.17) is 9.47 Å². The van der Waals surface area contributed by atoms with E-state index in [1.54, 1.807) is 11.1 Å². The second-order valence-corrected chi connectivity index (χ2v) is 28.1. The summed E-state index contributed by atoms with van der Waals surface area (Å²) in [5.74, 6) is 5.30. The fourth-order valence-electron chi connectivity index (χ4n) is 13.1. The van der Waals surface area contributed by atoms with Gasteiger partial charge in [0.1, 0.15) is 23.0 Å². The maximum absolute atomic E-state index is 12.8. The summed E-state index contributed by atoms with van der Waals surface area (Å²) in [5.41, 5.74) is 16.0. The van der Waals surface area contributed by atoms with Crippen LogP contribution < -0.4 is 9.47 Å². The Morgan fingerprint density at radius 1 is 0.429 bits per heavy atom. The standard InChI is InChI=1S/C66H88O4/c1-61(2,3)51-29-41-25-45-33-53(63(7,8)9)35-47(59(45)69-23-21-39-17-19-49-37-55(39)65(49,13)14)27-43-31-52(62(4,5)6)32-44(58(43)68)28-48-36-54(64(10,11)12)34-46(26-42(30-51)57(41)67)60(48)70-24-22-40-18-20-50-38-56(40)66(50,15)16/h17-18,29-36,49-50,55-56,67-68H,19-28,37-38H2,1-16H3/t49-,50-,55-,56-/m0/s1. The SMILES string of the molecule is CC(C)(C)c1cc2c(O)c(c1)Cc1cc(C(C)(C)C)cc(c1OCCC1=CC[C@H]3C[C@@H]1C3(C)C)Cc1cc(C(C)(C)C)cc(c1O)Cc1cc(C(C)(C)C)cc(c1OCCC1=CC[C@H]3C[C@@H]1C3(C)C)C2. The molecule has 2 fully saturated rings. The lowest BCUT2D eigenvalue weighted by Crippen LogP contribution is -2.48. The van der Waals surface area contributed by atoms with Gasteiger partial charge in [0.25, 0.3) is 0 Å². The topological polar surface area (TPSA) is 58.9 Å². The Balaban J connectivity index is 1.23. The first-order valence-electron chi connectivity index (χ1n) is 27.2.